The van der Waals surface area contributed by atoms with Crippen LogP contribution in [0.3, 0.4) is 0 Å². The number of benzene rings is 1. The third-order valence-electron chi connectivity index (χ3n) is 4.07. The van der Waals surface area contributed by atoms with E-state index < -0.39 is 8.80 Å². The van der Waals surface area contributed by atoms with Crippen LogP contribution in [0, 0.1) is 0 Å². The zero-order valence-electron chi connectivity index (χ0n) is 16.4. The molecule has 0 N–H and O–H groups in total. The van der Waals surface area contributed by atoms with Crippen LogP contribution in [0.4, 0.5) is 0 Å². The molecule has 0 aliphatic carbocycles. The van der Waals surface area contributed by atoms with Gasteiger partial charge in [0.05, 0.1) is 6.61 Å². The fraction of sp³-hybridized carbons (Fsp3) is 0.684. The molecule has 1 fully saturated rings. The predicted molar refractivity (Wildman–Crippen MR) is 102 cm³/mol. The van der Waals surface area contributed by atoms with Crippen molar-refractivity contribution in [2.45, 2.75) is 51.7 Å². The number of rotatable bonds is 11. The van der Waals surface area contributed by atoms with Crippen molar-refractivity contribution < 1.29 is 22.8 Å². The highest BCUT2D eigenvalue weighted by atomic mass is 28.4. The second kappa shape index (κ2) is 12.4. The Morgan fingerprint density at radius 1 is 1.00 bits per heavy atom. The topological polar surface area (TPSA) is 49.5 Å². The second-order valence-corrected chi connectivity index (χ2v) is 9.15. The fourth-order valence-electron chi connectivity index (χ4n) is 2.35. The Morgan fingerprint density at radius 2 is 1.60 bits per heavy atom. The van der Waals surface area contributed by atoms with Crippen molar-refractivity contribution in [1.29, 1.82) is 0 Å². The van der Waals surface area contributed by atoms with Gasteiger partial charge in [-0.2, -0.15) is 0 Å². The van der Waals surface area contributed by atoms with E-state index in [1.807, 2.05) is 12.1 Å². The maximum atomic E-state index is 5.56. The van der Waals surface area contributed by atoms with E-state index in [2.05, 4.69) is 26.0 Å². The molecule has 0 radical (unpaired) electrons. The largest absolute Gasteiger partial charge is 0.500 e. The third-order valence-corrected chi connectivity index (χ3v) is 7.05. The third kappa shape index (κ3) is 8.83. The zero-order valence-corrected chi connectivity index (χ0v) is 17.4. The van der Waals surface area contributed by atoms with E-state index in [-0.39, 0.29) is 0 Å². The first kappa shape index (κ1) is 22.1. The number of aryl methyl sites for hydroxylation is 1. The maximum Gasteiger partial charge on any atom is 0.500 e. The lowest BCUT2D eigenvalue weighted by Crippen LogP contribution is -2.42. The summed E-state index contributed by atoms with van der Waals surface area (Å²) >= 11 is 0. The molecule has 0 aromatic heterocycles. The summed E-state index contributed by atoms with van der Waals surface area (Å²) in [5.41, 5.74) is 1.40. The SMILES string of the molecule is CCCCc1ccc(OCC2CO2)cc1.CCC[Si](OC)(OC)OC. The van der Waals surface area contributed by atoms with Crippen molar-refractivity contribution in [2.24, 2.45) is 0 Å². The first-order chi connectivity index (χ1) is 12.1. The van der Waals surface area contributed by atoms with E-state index >= 15 is 0 Å². The average Bonchev–Trinajstić information content (AvgIpc) is 3.49. The Bertz CT molecular complexity index is 435. The number of hydrogen-bond acceptors (Lipinski definition) is 5. The van der Waals surface area contributed by atoms with Crippen molar-refractivity contribution >= 4 is 8.80 Å². The van der Waals surface area contributed by atoms with Gasteiger partial charge in [0.25, 0.3) is 0 Å². The Morgan fingerprint density at radius 3 is 2.00 bits per heavy atom. The number of epoxide rings is 1. The van der Waals surface area contributed by atoms with Crippen LogP contribution in [-0.2, 0) is 24.4 Å². The highest BCUT2D eigenvalue weighted by Crippen LogP contribution is 2.16. The van der Waals surface area contributed by atoms with Gasteiger partial charge in [-0.3, -0.25) is 0 Å². The number of hydrogen-bond donors (Lipinski definition) is 0. The molecule has 1 aromatic carbocycles. The van der Waals surface area contributed by atoms with Crippen LogP contribution in [0.15, 0.2) is 24.3 Å². The summed E-state index contributed by atoms with van der Waals surface area (Å²) in [7, 11) is 2.68. The van der Waals surface area contributed by atoms with E-state index in [1.54, 1.807) is 21.3 Å². The first-order valence-corrected chi connectivity index (χ1v) is 11.0. The Hall–Kier alpha value is -0.923. The average molecular weight is 371 g/mol. The monoisotopic (exact) mass is 370 g/mol. The molecule has 1 heterocycles. The quantitative estimate of drug-likeness (QED) is 0.434. The van der Waals surface area contributed by atoms with Crippen molar-refractivity contribution in [1.82, 2.24) is 0 Å². The molecule has 1 atom stereocenters. The van der Waals surface area contributed by atoms with Crippen LogP contribution in [-0.4, -0.2) is 49.5 Å². The van der Waals surface area contributed by atoms with E-state index in [4.69, 9.17) is 22.8 Å². The molecule has 5 nitrogen and oxygen atoms in total. The molecule has 6 heteroatoms. The molecule has 0 bridgehead atoms. The molecule has 25 heavy (non-hydrogen) atoms. The normalized spacial score (nSPS) is 16.1. The molecule has 0 spiro atoms. The fourth-order valence-corrected chi connectivity index (χ4v) is 4.07. The van der Waals surface area contributed by atoms with Gasteiger partial charge in [0.1, 0.15) is 18.5 Å². The molecule has 0 saturated carbocycles. The minimum atomic E-state index is -2.22. The lowest BCUT2D eigenvalue weighted by Gasteiger charge is -2.23. The lowest BCUT2D eigenvalue weighted by atomic mass is 10.1. The molecule has 1 aromatic rings. The molecular formula is C19H34O5Si. The Balaban J connectivity index is 0.000000275. The second-order valence-electron chi connectivity index (χ2n) is 6.06. The zero-order chi connectivity index (χ0) is 18.5. The minimum absolute atomic E-state index is 0.338. The molecule has 144 valence electrons. The van der Waals surface area contributed by atoms with Crippen LogP contribution < -0.4 is 4.74 Å². The van der Waals surface area contributed by atoms with Gasteiger partial charge >= 0.3 is 8.80 Å². The van der Waals surface area contributed by atoms with Gasteiger partial charge in [0.15, 0.2) is 0 Å². The molecule has 1 aliphatic heterocycles. The van der Waals surface area contributed by atoms with Gasteiger partial charge < -0.3 is 22.8 Å². The highest BCUT2D eigenvalue weighted by Gasteiger charge is 2.36. The molecular weight excluding hydrogens is 336 g/mol. The summed E-state index contributed by atoms with van der Waals surface area (Å²) in [4.78, 5) is 0. The Kier molecular flexibility index (Phi) is 11.0. The smallest absolute Gasteiger partial charge is 0.491 e. The highest BCUT2D eigenvalue weighted by molar-refractivity contribution is 6.60. The standard InChI is InChI=1S/C13H18O2.C6H16O3Si/c1-2-3-4-11-5-7-12(8-6-11)14-9-13-10-15-13;1-5-6-10(7-2,8-3)9-4/h5-8,13H,2-4,9-10H2,1H3;5-6H2,1-4H3. The molecule has 2 rings (SSSR count). The predicted octanol–water partition coefficient (Wildman–Crippen LogP) is 4.08. The summed E-state index contributed by atoms with van der Waals surface area (Å²) in [6, 6.07) is 9.29. The summed E-state index contributed by atoms with van der Waals surface area (Å²) in [5, 5.41) is 0. The minimum Gasteiger partial charge on any atom is -0.491 e. The molecule has 1 aliphatic rings. The van der Waals surface area contributed by atoms with Crippen molar-refractivity contribution in [3.05, 3.63) is 29.8 Å². The van der Waals surface area contributed by atoms with Crippen molar-refractivity contribution in [3.8, 4) is 5.75 Å². The van der Waals surface area contributed by atoms with Gasteiger partial charge in [0, 0.05) is 27.4 Å². The van der Waals surface area contributed by atoms with Crippen molar-refractivity contribution in [2.75, 3.05) is 34.5 Å². The van der Waals surface area contributed by atoms with Crippen LogP contribution >= 0.6 is 0 Å². The maximum absolute atomic E-state index is 5.56. The summed E-state index contributed by atoms with van der Waals surface area (Å²) in [6.45, 7) is 5.84. The van der Waals surface area contributed by atoms with E-state index in [0.29, 0.717) is 12.7 Å². The summed E-state index contributed by atoms with van der Waals surface area (Å²) in [5.74, 6) is 0.950. The van der Waals surface area contributed by atoms with Crippen molar-refractivity contribution in [3.63, 3.8) is 0 Å². The van der Waals surface area contributed by atoms with E-state index in [9.17, 15) is 0 Å². The van der Waals surface area contributed by atoms with Gasteiger partial charge in [-0.1, -0.05) is 38.8 Å². The number of ether oxygens (including phenoxy) is 2. The van der Waals surface area contributed by atoms with E-state index in [0.717, 1.165) is 24.8 Å². The molecule has 1 saturated heterocycles. The van der Waals surface area contributed by atoms with Gasteiger partial charge in [-0.25, -0.2) is 0 Å². The Labute approximate surface area is 153 Å². The van der Waals surface area contributed by atoms with Gasteiger partial charge in [-0.05, 0) is 30.5 Å². The van der Waals surface area contributed by atoms with Gasteiger partial charge in [-0.15, -0.1) is 0 Å². The van der Waals surface area contributed by atoms with E-state index in [1.165, 1.54) is 24.8 Å². The van der Waals surface area contributed by atoms with Gasteiger partial charge in [0.2, 0.25) is 0 Å². The molecule has 1 unspecified atom stereocenters. The number of unbranched alkanes of at least 4 members (excludes halogenated alkanes) is 1. The summed E-state index contributed by atoms with van der Waals surface area (Å²) < 4.78 is 26.2. The molecule has 0 amide bonds. The van der Waals surface area contributed by atoms with Crippen LogP contribution in [0.25, 0.3) is 0 Å². The van der Waals surface area contributed by atoms with Crippen LogP contribution in [0.2, 0.25) is 6.04 Å². The lowest BCUT2D eigenvalue weighted by molar-refractivity contribution is 0.123. The first-order valence-electron chi connectivity index (χ1n) is 9.11. The summed E-state index contributed by atoms with van der Waals surface area (Å²) in [6.07, 6.45) is 5.04. The van der Waals surface area contributed by atoms with Crippen LogP contribution in [0.5, 0.6) is 5.75 Å². The van der Waals surface area contributed by atoms with Crippen LogP contribution in [0.1, 0.15) is 38.7 Å².